The van der Waals surface area contributed by atoms with Gasteiger partial charge in [0, 0.05) is 44.8 Å². The van der Waals surface area contributed by atoms with Crippen LogP contribution in [0, 0.1) is 0 Å². The van der Waals surface area contributed by atoms with E-state index in [9.17, 15) is 0 Å². The van der Waals surface area contributed by atoms with Crippen LogP contribution in [0.4, 0.5) is 5.95 Å². The molecule has 0 saturated carbocycles. The Labute approximate surface area is 130 Å². The molecule has 0 fully saturated rings. The van der Waals surface area contributed by atoms with Crippen molar-refractivity contribution in [2.45, 2.75) is 13.1 Å². The fourth-order valence-corrected chi connectivity index (χ4v) is 2.46. The molecule has 1 N–H and O–H groups in total. The van der Waals surface area contributed by atoms with E-state index in [2.05, 4.69) is 14.9 Å². The van der Waals surface area contributed by atoms with Gasteiger partial charge in [-0.2, -0.15) is 0 Å². The summed E-state index contributed by atoms with van der Waals surface area (Å²) in [5, 5.41) is 4.09. The molecule has 0 amide bonds. The van der Waals surface area contributed by atoms with Crippen molar-refractivity contribution in [3.05, 3.63) is 40.7 Å². The summed E-state index contributed by atoms with van der Waals surface area (Å²) in [6.45, 7) is 1.36. The van der Waals surface area contributed by atoms with Gasteiger partial charge in [-0.3, -0.25) is 0 Å². The minimum Gasteiger partial charge on any atom is -0.496 e. The molecule has 0 radical (unpaired) electrons. The van der Waals surface area contributed by atoms with Gasteiger partial charge in [0.1, 0.15) is 5.75 Å². The summed E-state index contributed by atoms with van der Waals surface area (Å²) in [4.78, 5) is 6.38. The molecule has 5 nitrogen and oxygen atoms in total. The molecule has 1 heterocycles. The van der Waals surface area contributed by atoms with Crippen LogP contribution in [0.15, 0.2) is 24.4 Å². The van der Waals surface area contributed by atoms with Crippen molar-refractivity contribution in [1.82, 2.24) is 14.9 Å². The average molecular weight is 309 g/mol. The van der Waals surface area contributed by atoms with Gasteiger partial charge in [-0.1, -0.05) is 17.7 Å². The number of aromatic nitrogens is 2. The first-order chi connectivity index (χ1) is 10.0. The van der Waals surface area contributed by atoms with Crippen molar-refractivity contribution in [3.8, 4) is 5.75 Å². The first-order valence-electron chi connectivity index (χ1n) is 6.74. The van der Waals surface area contributed by atoms with Crippen LogP contribution < -0.4 is 15.0 Å². The van der Waals surface area contributed by atoms with Gasteiger partial charge < -0.3 is 19.5 Å². The summed E-state index contributed by atoms with van der Waals surface area (Å²) in [6, 6.07) is 5.67. The lowest BCUT2D eigenvalue weighted by Crippen LogP contribution is -2.18. The van der Waals surface area contributed by atoms with Crippen LogP contribution in [0.5, 0.6) is 5.75 Å². The molecule has 2 rings (SSSR count). The lowest BCUT2D eigenvalue weighted by molar-refractivity contribution is 0.407. The molecule has 0 saturated heterocycles. The number of benzene rings is 1. The summed E-state index contributed by atoms with van der Waals surface area (Å²) >= 11 is 6.22. The summed E-state index contributed by atoms with van der Waals surface area (Å²) in [5.74, 6) is 1.73. The Morgan fingerprint density at radius 2 is 2.10 bits per heavy atom. The first kappa shape index (κ1) is 15.7. The molecule has 0 atom stereocenters. The van der Waals surface area contributed by atoms with Gasteiger partial charge in [-0.25, -0.2) is 4.98 Å². The van der Waals surface area contributed by atoms with E-state index in [4.69, 9.17) is 16.3 Å². The van der Waals surface area contributed by atoms with Gasteiger partial charge in [0.15, 0.2) is 0 Å². The van der Waals surface area contributed by atoms with E-state index in [1.165, 1.54) is 0 Å². The van der Waals surface area contributed by atoms with Gasteiger partial charge in [0.05, 0.1) is 19.0 Å². The first-order valence-corrected chi connectivity index (χ1v) is 7.12. The topological polar surface area (TPSA) is 42.3 Å². The number of nitrogens with one attached hydrogen (secondary N) is 1. The fourth-order valence-electron chi connectivity index (χ4n) is 2.23. The second-order valence-electron chi connectivity index (χ2n) is 5.03. The number of imidazole rings is 1. The van der Waals surface area contributed by atoms with Crippen molar-refractivity contribution in [2.24, 2.45) is 7.05 Å². The van der Waals surface area contributed by atoms with E-state index in [0.717, 1.165) is 23.0 Å². The second-order valence-corrected chi connectivity index (χ2v) is 5.43. The van der Waals surface area contributed by atoms with Gasteiger partial charge in [0.2, 0.25) is 5.95 Å². The third-order valence-electron chi connectivity index (χ3n) is 3.36. The highest BCUT2D eigenvalue weighted by atomic mass is 35.5. The number of methoxy groups -OCH3 is 1. The van der Waals surface area contributed by atoms with Gasteiger partial charge >= 0.3 is 0 Å². The fraction of sp³-hybridized carbons (Fsp3) is 0.400. The lowest BCUT2D eigenvalue weighted by Gasteiger charge is -2.14. The smallest absolute Gasteiger partial charge is 0.204 e. The minimum atomic E-state index is 0.644. The molecule has 0 spiro atoms. The Kier molecular flexibility index (Phi) is 5.09. The molecule has 114 valence electrons. The highest BCUT2D eigenvalue weighted by Crippen LogP contribution is 2.26. The molecule has 6 heteroatoms. The number of ether oxygens (including phenoxy) is 1. The van der Waals surface area contributed by atoms with Crippen LogP contribution >= 0.6 is 11.6 Å². The highest BCUT2D eigenvalue weighted by Gasteiger charge is 2.10. The largest absolute Gasteiger partial charge is 0.496 e. The van der Waals surface area contributed by atoms with E-state index >= 15 is 0 Å². The molecule has 2 aromatic rings. The van der Waals surface area contributed by atoms with Crippen molar-refractivity contribution in [3.63, 3.8) is 0 Å². The van der Waals surface area contributed by atoms with Crippen LogP contribution in [0.3, 0.4) is 0 Å². The van der Waals surface area contributed by atoms with Gasteiger partial charge in [0.25, 0.3) is 0 Å². The summed E-state index contributed by atoms with van der Waals surface area (Å²) < 4.78 is 7.41. The van der Waals surface area contributed by atoms with E-state index in [-0.39, 0.29) is 0 Å². The van der Waals surface area contributed by atoms with E-state index in [1.54, 1.807) is 7.11 Å². The van der Waals surface area contributed by atoms with Gasteiger partial charge in [-0.15, -0.1) is 0 Å². The summed E-state index contributed by atoms with van der Waals surface area (Å²) in [7, 11) is 7.62. The Balaban J connectivity index is 2.02. The van der Waals surface area contributed by atoms with E-state index in [0.29, 0.717) is 18.1 Å². The zero-order chi connectivity index (χ0) is 15.4. The third-order valence-corrected chi connectivity index (χ3v) is 3.72. The molecule has 21 heavy (non-hydrogen) atoms. The highest BCUT2D eigenvalue weighted by molar-refractivity contribution is 6.31. The molecule has 0 bridgehead atoms. The molecule has 0 aliphatic rings. The van der Waals surface area contributed by atoms with Crippen molar-refractivity contribution in [2.75, 3.05) is 26.1 Å². The maximum absolute atomic E-state index is 6.22. The van der Waals surface area contributed by atoms with Crippen LogP contribution in [0.1, 0.15) is 11.3 Å². The Hall–Kier alpha value is -1.72. The number of hydrogen-bond donors (Lipinski definition) is 1. The summed E-state index contributed by atoms with van der Waals surface area (Å²) in [6.07, 6.45) is 1.88. The average Bonchev–Trinajstić information content (AvgIpc) is 2.82. The molecule has 0 aliphatic heterocycles. The summed E-state index contributed by atoms with van der Waals surface area (Å²) in [5.41, 5.74) is 2.08. The monoisotopic (exact) mass is 308 g/mol. The zero-order valence-corrected chi connectivity index (χ0v) is 13.6. The number of halogens is 1. The number of hydrogen-bond acceptors (Lipinski definition) is 4. The molecule has 1 aromatic carbocycles. The Morgan fingerprint density at radius 1 is 1.33 bits per heavy atom. The molecular formula is C15H21ClN4O. The van der Waals surface area contributed by atoms with E-state index < -0.39 is 0 Å². The quantitative estimate of drug-likeness (QED) is 0.890. The molecular weight excluding hydrogens is 288 g/mol. The third kappa shape index (κ3) is 3.49. The normalized spacial score (nSPS) is 10.7. The van der Waals surface area contributed by atoms with Crippen molar-refractivity contribution < 1.29 is 4.74 Å². The predicted molar refractivity (Wildman–Crippen MR) is 86.1 cm³/mol. The van der Waals surface area contributed by atoms with Crippen molar-refractivity contribution in [1.29, 1.82) is 0 Å². The Bertz CT molecular complexity index is 610. The van der Waals surface area contributed by atoms with Crippen LogP contribution in [-0.4, -0.2) is 30.8 Å². The number of anilines is 1. The van der Waals surface area contributed by atoms with Gasteiger partial charge in [-0.05, 0) is 12.1 Å². The number of rotatable bonds is 6. The molecule has 0 unspecified atom stereocenters. The predicted octanol–water partition coefficient (Wildman–Crippen LogP) is 2.44. The SMILES string of the molecule is COc1cccc(Cl)c1CNCc1cnc(N(C)C)n1C. The van der Waals surface area contributed by atoms with Crippen LogP contribution in [0.25, 0.3) is 0 Å². The second kappa shape index (κ2) is 6.83. The minimum absolute atomic E-state index is 0.644. The molecule has 1 aromatic heterocycles. The van der Waals surface area contributed by atoms with Crippen molar-refractivity contribution >= 4 is 17.5 Å². The maximum Gasteiger partial charge on any atom is 0.204 e. The molecule has 0 aliphatic carbocycles. The van der Waals surface area contributed by atoms with Crippen LogP contribution in [0.2, 0.25) is 5.02 Å². The van der Waals surface area contributed by atoms with Crippen LogP contribution in [-0.2, 0) is 20.1 Å². The lowest BCUT2D eigenvalue weighted by atomic mass is 10.2. The maximum atomic E-state index is 6.22. The standard InChI is InChI=1S/C15H21ClN4O/c1-19(2)15-18-9-11(20(15)3)8-17-10-12-13(16)6-5-7-14(12)21-4/h5-7,9,17H,8,10H2,1-4H3. The zero-order valence-electron chi connectivity index (χ0n) is 12.9. The van der Waals surface area contributed by atoms with E-state index in [1.807, 2.05) is 50.4 Å². The Morgan fingerprint density at radius 3 is 2.71 bits per heavy atom. The number of nitrogens with zero attached hydrogens (tertiary/aromatic N) is 3.